The fourth-order valence-electron chi connectivity index (χ4n) is 17.6. The quantitative estimate of drug-likeness (QED) is 0.0600. The van der Waals surface area contributed by atoms with Crippen LogP contribution in [0.15, 0.2) is 274 Å². The largest absolute Gasteiger partial charge is 0.454 e. The number of aromatic nitrogens is 19. The molecule has 18 aromatic rings. The summed E-state index contributed by atoms with van der Waals surface area (Å²) in [4.78, 5) is 82.1. The molecule has 3 saturated carbocycles. The summed E-state index contributed by atoms with van der Waals surface area (Å²) in [6.07, 6.45) is 26.9. The van der Waals surface area contributed by atoms with E-state index in [0.717, 1.165) is 218 Å². The van der Waals surface area contributed by atoms with Crippen molar-refractivity contribution in [2.45, 2.75) is 103 Å². The molecule has 24 rings (SSSR count). The number of carbonyl (C=O) groups excluding carboxylic acids is 2. The third kappa shape index (κ3) is 18.5. The highest BCUT2D eigenvalue weighted by molar-refractivity contribution is 6.30. The minimum Gasteiger partial charge on any atom is -0.454 e. The van der Waals surface area contributed by atoms with Gasteiger partial charge in [-0.25, -0.2) is 33.7 Å². The Morgan fingerprint density at radius 1 is 0.530 bits per heavy atom. The number of hydrogen-bond acceptors (Lipinski definition) is 21. The van der Waals surface area contributed by atoms with Crippen LogP contribution in [0.4, 0.5) is 20.3 Å². The average molecular weight is 1770 g/mol. The summed E-state index contributed by atoms with van der Waals surface area (Å²) in [7, 11) is 0. The number of anilines is 2. The summed E-state index contributed by atoms with van der Waals surface area (Å²) in [5.74, 6) is 2.74. The normalized spacial score (nSPS) is 15.7. The van der Waals surface area contributed by atoms with Gasteiger partial charge in [-0.15, -0.1) is 0 Å². The zero-order valence-electron chi connectivity index (χ0n) is 72.3. The second kappa shape index (κ2) is 38.3. The Morgan fingerprint density at radius 3 is 1.93 bits per heavy atom. The predicted octanol–water partition coefficient (Wildman–Crippen LogP) is 21.2. The van der Waals surface area contributed by atoms with Crippen molar-refractivity contribution in [3.05, 3.63) is 319 Å². The van der Waals surface area contributed by atoms with Gasteiger partial charge in [0.2, 0.25) is 6.79 Å². The van der Waals surface area contributed by atoms with Crippen LogP contribution in [0.1, 0.15) is 98.0 Å². The number of amides is 1. The van der Waals surface area contributed by atoms with E-state index in [1.165, 1.54) is 42.2 Å². The fourth-order valence-corrected chi connectivity index (χ4v) is 17.8. The number of halogens is 3. The van der Waals surface area contributed by atoms with Gasteiger partial charge in [0.25, 0.3) is 5.91 Å². The SMILES string of the molecule is CC(=O)C12CCC(c3nc(-c4ccc5c(c4)OCO5)c(-c4cccc(C)n4)[nH]3)(CC1)CC2.Cc1cccc(-c2nn3c(c2-c2ccc(F)cc2)CCC3)n1.Fc1ccc(Cl)cc1-c1nc(Nc2ccncc2)c2nccnc2n1.O=C(NC1CCOCC1)c1ccc(-c2cc(-c3cn[nH]c3-c3ccccn3)ccn2)cc1.c1ccc(-c2[nH]ncc2-c2ccnc3ccccc23)nc1. The van der Waals surface area contributed by atoms with E-state index in [4.69, 9.17) is 40.9 Å². The molecule has 0 radical (unpaired) electrons. The van der Waals surface area contributed by atoms with Gasteiger partial charge in [-0.3, -0.25) is 59.4 Å². The van der Waals surface area contributed by atoms with Crippen molar-refractivity contribution in [2.75, 3.05) is 25.3 Å². The van der Waals surface area contributed by atoms with Gasteiger partial charge in [0.1, 0.15) is 28.9 Å². The summed E-state index contributed by atoms with van der Waals surface area (Å²) >= 11 is 5.98. The van der Waals surface area contributed by atoms with Crippen LogP contribution in [-0.4, -0.2) is 133 Å². The third-order valence-corrected chi connectivity index (χ3v) is 24.9. The standard InChI is InChI=1S/C26H27N3O3.C25H23N5O2.C18H16FN3.C17H10ClFN6.C17H12N4/c1-16-4-3-5-19(27-16)23-22(18-6-7-20-21(14-18)32-15-31-20)28-24(29-23)26-11-8-25(9-12-26,10-13-26)17(2)30;31-25(29-20-9-13-32-14-10-20)18-6-4-17(5-7-18)23-15-19(8-12-27-23)21-16-28-30-24(21)22-3-1-2-11-26-22;1-12-4-2-5-15(20-12)18-17(13-7-9-14(19)10-8-13)16-6-3-11-22(16)21-18;18-10-1-2-13(19)12(9-10)15-24-16-14(21-7-8-22-16)17(25-15)23-11-3-5-20-6-4-11;1-2-6-15-13(5-1)12(8-10-19-15)14-11-20-21-17(14)16-7-3-4-9-18-16/h3-7,14H,8-13,15H2,1-2H3,(H,28,29);1-8,11-12,15-16,20H,9-10,13-14H2,(H,28,30)(H,29,31);2,4-5,7-10H,3,6,11H2,1H3;1-9H,(H,20,22,23,24,25);1-11H,(H,20,21). The van der Waals surface area contributed by atoms with Gasteiger partial charge < -0.3 is 29.8 Å². The maximum Gasteiger partial charge on any atom is 0.251 e. The summed E-state index contributed by atoms with van der Waals surface area (Å²) in [6, 6.07) is 65.9. The van der Waals surface area contributed by atoms with Gasteiger partial charge in [-0.1, -0.05) is 78.3 Å². The van der Waals surface area contributed by atoms with Crippen LogP contribution < -0.4 is 20.1 Å². The van der Waals surface area contributed by atoms with Crippen molar-refractivity contribution in [2.24, 2.45) is 5.41 Å². The Balaban J connectivity index is 0.000000108. The number of fused-ring (bicyclic) bond motifs is 7. The van der Waals surface area contributed by atoms with Gasteiger partial charge >= 0.3 is 0 Å². The molecule has 5 N–H and O–H groups in total. The Morgan fingerprint density at radius 2 is 1.20 bits per heavy atom. The molecule has 16 heterocycles. The summed E-state index contributed by atoms with van der Waals surface area (Å²) < 4.78 is 46.0. The van der Waals surface area contributed by atoms with Crippen LogP contribution in [0.25, 0.3) is 135 Å². The van der Waals surface area contributed by atoms with E-state index in [-0.39, 0.29) is 46.8 Å². The second-order valence-electron chi connectivity index (χ2n) is 32.9. The van der Waals surface area contributed by atoms with E-state index in [2.05, 4.69) is 96.6 Å². The number of aryl methyl sites for hydroxylation is 3. The molecule has 2 bridgehead atoms. The smallest absolute Gasteiger partial charge is 0.251 e. The molecule has 132 heavy (non-hydrogen) atoms. The number of carbonyl (C=O) groups is 2. The lowest BCUT2D eigenvalue weighted by Crippen LogP contribution is -2.47. The summed E-state index contributed by atoms with van der Waals surface area (Å²) in [5, 5.41) is 27.0. The number of H-pyrrole nitrogens is 3. The molecule has 13 aromatic heterocycles. The Bertz CT molecular complexity index is 7170. The number of benzene rings is 5. The zero-order chi connectivity index (χ0) is 90.1. The number of imidazole rings is 1. The van der Waals surface area contributed by atoms with E-state index >= 15 is 0 Å². The molecular formula is C103H88ClF2N21O5. The molecule has 4 fully saturated rings. The number of aromatic amines is 3. The number of nitrogens with zero attached hydrogens (tertiary/aromatic N) is 16. The number of Topliss-reactive ketones (excluding diaryl/α,β-unsaturated/α-hetero) is 1. The monoisotopic (exact) mass is 1770 g/mol. The Hall–Kier alpha value is -15.7. The van der Waals surface area contributed by atoms with Crippen molar-refractivity contribution < 1.29 is 32.6 Å². The lowest BCUT2D eigenvalue weighted by molar-refractivity contribution is -0.133. The molecule has 0 atom stereocenters. The Kier molecular flexibility index (Phi) is 24.9. The molecule has 26 nitrogen and oxygen atoms in total. The lowest BCUT2D eigenvalue weighted by Gasteiger charge is -2.51. The predicted molar refractivity (Wildman–Crippen MR) is 502 cm³/mol. The summed E-state index contributed by atoms with van der Waals surface area (Å²) in [6.45, 7) is 8.33. The minimum atomic E-state index is -0.470. The van der Waals surface area contributed by atoms with Gasteiger partial charge in [0.05, 0.1) is 74.7 Å². The maximum absolute atomic E-state index is 14.2. The minimum absolute atomic E-state index is 0.00433. The molecule has 3 aliphatic heterocycles. The highest BCUT2D eigenvalue weighted by Crippen LogP contribution is 2.58. The van der Waals surface area contributed by atoms with Crippen molar-refractivity contribution in [1.29, 1.82) is 0 Å². The fraction of sp³-hybridized carbons (Fsp3) is 0.194. The number of hydrogen-bond donors (Lipinski definition) is 5. The van der Waals surface area contributed by atoms with Gasteiger partial charge in [0, 0.05) is 153 Å². The van der Waals surface area contributed by atoms with Crippen LogP contribution in [-0.2, 0) is 27.9 Å². The number of rotatable bonds is 16. The lowest BCUT2D eigenvalue weighted by atomic mass is 9.52. The molecular weight excluding hydrogens is 1680 g/mol. The first kappa shape index (κ1) is 85.7. The van der Waals surface area contributed by atoms with Crippen LogP contribution in [0.2, 0.25) is 5.02 Å². The summed E-state index contributed by atoms with van der Waals surface area (Å²) in [5.41, 5.74) is 23.4. The topological polar surface area (TPSA) is 332 Å². The van der Waals surface area contributed by atoms with Crippen molar-refractivity contribution >= 4 is 56.9 Å². The maximum atomic E-state index is 14.2. The highest BCUT2D eigenvalue weighted by Gasteiger charge is 2.53. The van der Waals surface area contributed by atoms with Crippen molar-refractivity contribution in [1.82, 2.24) is 100 Å². The molecule has 1 amide bonds. The molecule has 1 saturated heterocycles. The number of pyridine rings is 7. The number of para-hydroxylation sites is 1. The third-order valence-electron chi connectivity index (χ3n) is 24.7. The van der Waals surface area contributed by atoms with Gasteiger partial charge in [0.15, 0.2) is 34.3 Å². The van der Waals surface area contributed by atoms with Gasteiger partial charge in [-0.2, -0.15) is 15.3 Å². The molecule has 656 valence electrons. The molecule has 0 unspecified atom stereocenters. The highest BCUT2D eigenvalue weighted by atomic mass is 35.5. The van der Waals surface area contributed by atoms with E-state index < -0.39 is 5.82 Å². The number of ether oxygens (including phenoxy) is 3. The van der Waals surface area contributed by atoms with Crippen molar-refractivity contribution in [3.8, 4) is 124 Å². The van der Waals surface area contributed by atoms with E-state index in [1.54, 1.807) is 62.4 Å². The van der Waals surface area contributed by atoms with Crippen LogP contribution >= 0.6 is 11.6 Å². The van der Waals surface area contributed by atoms with Crippen LogP contribution in [0.5, 0.6) is 11.5 Å². The molecule has 3 aliphatic carbocycles. The molecule has 6 aliphatic rings. The zero-order valence-corrected chi connectivity index (χ0v) is 73.0. The first-order chi connectivity index (χ1) is 64.6. The van der Waals surface area contributed by atoms with Crippen molar-refractivity contribution in [3.63, 3.8) is 0 Å². The second-order valence-corrected chi connectivity index (χ2v) is 33.4. The Labute approximate surface area is 762 Å². The molecule has 5 aromatic carbocycles. The van der Waals surface area contributed by atoms with E-state index in [1.807, 2.05) is 190 Å². The van der Waals surface area contributed by atoms with E-state index in [0.29, 0.717) is 46.6 Å². The average Bonchev–Trinajstić information content (AvgIpc) is 1.48. The first-order valence-corrected chi connectivity index (χ1v) is 44.1. The first-order valence-electron chi connectivity index (χ1n) is 43.7. The number of ketones is 1. The molecule has 0 spiro atoms. The van der Waals surface area contributed by atoms with Crippen LogP contribution in [0.3, 0.4) is 0 Å². The molecule has 29 heteroatoms. The number of nitrogens with one attached hydrogen (secondary N) is 5. The van der Waals surface area contributed by atoms with Gasteiger partial charge in [-0.05, 0) is 247 Å². The van der Waals surface area contributed by atoms with Crippen LogP contribution in [0, 0.1) is 30.9 Å². The van der Waals surface area contributed by atoms with E-state index in [9.17, 15) is 18.4 Å².